The van der Waals surface area contributed by atoms with Crippen LogP contribution in [0.25, 0.3) is 0 Å². The highest BCUT2D eigenvalue weighted by Crippen LogP contribution is 2.67. The van der Waals surface area contributed by atoms with E-state index in [9.17, 15) is 8.78 Å². The predicted octanol–water partition coefficient (Wildman–Crippen LogP) is 0.488. The van der Waals surface area contributed by atoms with Crippen molar-refractivity contribution in [2.45, 2.75) is 5.92 Å². The lowest BCUT2D eigenvalue weighted by Gasteiger charge is -2.27. The maximum atomic E-state index is 13.0. The van der Waals surface area contributed by atoms with Crippen LogP contribution in [0.4, 0.5) is 8.78 Å². The third kappa shape index (κ3) is 0.667. The van der Waals surface area contributed by atoms with Crippen molar-refractivity contribution in [3.05, 3.63) is 0 Å². The maximum absolute atomic E-state index is 13.0. The molecule has 64 valence electrons. The molecule has 0 aromatic heterocycles. The van der Waals surface area contributed by atoms with Crippen molar-refractivity contribution in [1.29, 1.82) is 0 Å². The molecule has 1 N–H and O–H groups in total. The van der Waals surface area contributed by atoms with Gasteiger partial charge in [-0.3, -0.25) is 0 Å². The monoisotopic (exact) mass is 163 g/mol. The Morgan fingerprint density at radius 2 is 2.18 bits per heavy atom. The lowest BCUT2D eigenvalue weighted by molar-refractivity contribution is 0.0338. The lowest BCUT2D eigenvalue weighted by Crippen LogP contribution is -2.48. The Bertz CT molecular complexity index is 179. The third-order valence-corrected chi connectivity index (χ3v) is 2.90. The van der Waals surface area contributed by atoms with Crippen molar-refractivity contribution in [3.8, 4) is 0 Å². The first-order chi connectivity index (χ1) is 5.15. The number of rotatable bonds is 2. The van der Waals surface area contributed by atoms with Crippen LogP contribution in [0.2, 0.25) is 0 Å². The minimum absolute atomic E-state index is 0.189. The second-order valence-corrected chi connectivity index (χ2v) is 3.39. The van der Waals surface area contributed by atoms with Crippen LogP contribution in [0, 0.1) is 11.3 Å². The largest absolute Gasteiger partial charge is 0.384 e. The summed E-state index contributed by atoms with van der Waals surface area (Å²) < 4.78 is 30.7. The van der Waals surface area contributed by atoms with E-state index in [4.69, 9.17) is 4.74 Å². The van der Waals surface area contributed by atoms with E-state index in [-0.39, 0.29) is 6.61 Å². The van der Waals surface area contributed by atoms with E-state index in [1.807, 2.05) is 0 Å². The maximum Gasteiger partial charge on any atom is 0.262 e. The highest BCUT2D eigenvalue weighted by Gasteiger charge is 2.82. The van der Waals surface area contributed by atoms with E-state index >= 15 is 0 Å². The van der Waals surface area contributed by atoms with Crippen LogP contribution in [0.1, 0.15) is 0 Å². The van der Waals surface area contributed by atoms with Gasteiger partial charge in [-0.05, 0) is 0 Å². The third-order valence-electron chi connectivity index (χ3n) is 2.90. The van der Waals surface area contributed by atoms with Crippen LogP contribution < -0.4 is 5.32 Å². The number of alkyl halides is 2. The average Bonchev–Trinajstić information content (AvgIpc) is 2.29. The zero-order valence-electron chi connectivity index (χ0n) is 6.36. The number of halogens is 2. The standard InChI is InChI=1S/C7H11F2NO/c1-11-2-5-6(3-10-4-6)7(5,8)9/h5,10H,2-4H2,1H3. The smallest absolute Gasteiger partial charge is 0.262 e. The number of ether oxygens (including phenoxy) is 1. The molecule has 0 aromatic carbocycles. The average molecular weight is 163 g/mol. The summed E-state index contributed by atoms with van der Waals surface area (Å²) in [5.74, 6) is -3.02. The van der Waals surface area contributed by atoms with Gasteiger partial charge in [0.15, 0.2) is 0 Å². The second kappa shape index (κ2) is 1.93. The fourth-order valence-electron chi connectivity index (χ4n) is 1.90. The van der Waals surface area contributed by atoms with Gasteiger partial charge in [0.25, 0.3) is 5.92 Å². The van der Waals surface area contributed by atoms with Gasteiger partial charge in [0.05, 0.1) is 17.9 Å². The van der Waals surface area contributed by atoms with E-state index in [0.29, 0.717) is 13.1 Å². The summed E-state index contributed by atoms with van der Waals surface area (Å²) in [6.07, 6.45) is 0. The van der Waals surface area contributed by atoms with E-state index < -0.39 is 17.3 Å². The van der Waals surface area contributed by atoms with Crippen LogP contribution >= 0.6 is 0 Å². The summed E-state index contributed by atoms with van der Waals surface area (Å²) in [7, 11) is 1.47. The van der Waals surface area contributed by atoms with Gasteiger partial charge in [-0.1, -0.05) is 0 Å². The first-order valence-electron chi connectivity index (χ1n) is 3.72. The zero-order valence-corrected chi connectivity index (χ0v) is 6.36. The normalized spacial score (nSPS) is 36.8. The van der Waals surface area contributed by atoms with Crippen LogP contribution in [0.15, 0.2) is 0 Å². The molecule has 0 aromatic rings. The molecule has 0 radical (unpaired) electrons. The Morgan fingerprint density at radius 1 is 1.55 bits per heavy atom. The number of nitrogens with one attached hydrogen (secondary N) is 1. The van der Waals surface area contributed by atoms with Gasteiger partial charge >= 0.3 is 0 Å². The van der Waals surface area contributed by atoms with Gasteiger partial charge in [-0.2, -0.15) is 0 Å². The molecule has 2 rings (SSSR count). The Hall–Kier alpha value is -0.220. The lowest BCUT2D eigenvalue weighted by atomic mass is 9.96. The molecule has 2 aliphatic rings. The van der Waals surface area contributed by atoms with E-state index in [1.165, 1.54) is 7.11 Å². The topological polar surface area (TPSA) is 21.3 Å². The molecule has 1 unspecified atom stereocenters. The molecule has 11 heavy (non-hydrogen) atoms. The molecule has 1 saturated heterocycles. The molecule has 2 fully saturated rings. The molecule has 0 bridgehead atoms. The van der Waals surface area contributed by atoms with Gasteiger partial charge in [0, 0.05) is 20.2 Å². The van der Waals surface area contributed by atoms with Crippen molar-refractivity contribution in [2.75, 3.05) is 26.8 Å². The Balaban J connectivity index is 2.03. The van der Waals surface area contributed by atoms with Crippen LogP contribution in [-0.4, -0.2) is 32.7 Å². The van der Waals surface area contributed by atoms with E-state index in [0.717, 1.165) is 0 Å². The molecule has 2 nitrogen and oxygen atoms in total. The van der Waals surface area contributed by atoms with Crippen molar-refractivity contribution in [1.82, 2.24) is 5.32 Å². The summed E-state index contributed by atoms with van der Waals surface area (Å²) in [6, 6.07) is 0. The second-order valence-electron chi connectivity index (χ2n) is 3.39. The molecular weight excluding hydrogens is 152 g/mol. The molecule has 4 heteroatoms. The van der Waals surface area contributed by atoms with Gasteiger partial charge in [0.2, 0.25) is 0 Å². The molecule has 0 amide bonds. The van der Waals surface area contributed by atoms with Gasteiger partial charge in [0.1, 0.15) is 0 Å². The Morgan fingerprint density at radius 3 is 2.45 bits per heavy atom. The van der Waals surface area contributed by atoms with Gasteiger partial charge in [-0.15, -0.1) is 0 Å². The quantitative estimate of drug-likeness (QED) is 0.639. The number of methoxy groups -OCH3 is 1. The minimum atomic E-state index is -2.48. The van der Waals surface area contributed by atoms with Crippen LogP contribution in [-0.2, 0) is 4.74 Å². The first-order valence-corrected chi connectivity index (χ1v) is 3.72. The Kier molecular flexibility index (Phi) is 1.30. The molecular formula is C7H11F2NO. The van der Waals surface area contributed by atoms with Gasteiger partial charge in [-0.25, -0.2) is 8.78 Å². The van der Waals surface area contributed by atoms with Crippen LogP contribution in [0.5, 0.6) is 0 Å². The highest BCUT2D eigenvalue weighted by atomic mass is 19.3. The SMILES string of the molecule is COCC1C(F)(F)C12CNC2. The van der Waals surface area contributed by atoms with Crippen LogP contribution in [0.3, 0.4) is 0 Å². The summed E-state index contributed by atoms with van der Waals surface area (Å²) in [5, 5.41) is 2.87. The molecule has 1 aliphatic heterocycles. The van der Waals surface area contributed by atoms with E-state index in [2.05, 4.69) is 5.32 Å². The summed E-state index contributed by atoms with van der Waals surface area (Å²) in [4.78, 5) is 0. The molecule has 1 atom stereocenters. The number of hydrogen-bond acceptors (Lipinski definition) is 2. The summed E-state index contributed by atoms with van der Waals surface area (Å²) in [5.41, 5.74) is -0.733. The fraction of sp³-hybridized carbons (Fsp3) is 1.00. The first kappa shape index (κ1) is 7.43. The predicted molar refractivity (Wildman–Crippen MR) is 35.6 cm³/mol. The number of hydrogen-bond donors (Lipinski definition) is 1. The minimum Gasteiger partial charge on any atom is -0.384 e. The summed E-state index contributed by atoms with van der Waals surface area (Å²) in [6.45, 7) is 1.09. The fourth-order valence-corrected chi connectivity index (χ4v) is 1.90. The molecule has 1 spiro atoms. The van der Waals surface area contributed by atoms with Crippen molar-refractivity contribution in [3.63, 3.8) is 0 Å². The highest BCUT2D eigenvalue weighted by molar-refractivity contribution is 5.24. The molecule has 1 heterocycles. The van der Waals surface area contributed by atoms with Crippen molar-refractivity contribution in [2.24, 2.45) is 11.3 Å². The van der Waals surface area contributed by atoms with Crippen molar-refractivity contribution < 1.29 is 13.5 Å². The zero-order chi connectivity index (χ0) is 8.11. The van der Waals surface area contributed by atoms with Gasteiger partial charge < -0.3 is 10.1 Å². The van der Waals surface area contributed by atoms with Crippen molar-refractivity contribution >= 4 is 0 Å². The molecule has 1 aliphatic carbocycles. The van der Waals surface area contributed by atoms with E-state index in [1.54, 1.807) is 0 Å². The summed E-state index contributed by atoms with van der Waals surface area (Å²) >= 11 is 0. The molecule has 1 saturated carbocycles. The Labute approximate surface area is 63.9 Å².